The lowest BCUT2D eigenvalue weighted by atomic mass is 10.1. The fourth-order valence-corrected chi connectivity index (χ4v) is 1.29. The maximum Gasteiger partial charge on any atom is 0.339 e. The molecule has 0 aromatic heterocycles. The number of hydrogen-bond donors (Lipinski definition) is 1. The van der Waals surface area contributed by atoms with Crippen LogP contribution in [0, 0.1) is 0 Å². The van der Waals surface area contributed by atoms with Gasteiger partial charge >= 0.3 is 5.97 Å². The van der Waals surface area contributed by atoms with Crippen molar-refractivity contribution in [2.45, 2.75) is 13.8 Å². The fourth-order valence-electron chi connectivity index (χ4n) is 0.978. The topological polar surface area (TPSA) is 58.9 Å². The van der Waals surface area contributed by atoms with E-state index in [0.717, 1.165) is 0 Å². The molecule has 0 saturated carbocycles. The molecule has 4 nitrogen and oxygen atoms in total. The maximum absolute atomic E-state index is 11.2. The lowest BCUT2D eigenvalue weighted by Gasteiger charge is -2.03. The lowest BCUT2D eigenvalue weighted by Crippen LogP contribution is -2.04. The molecule has 0 radical (unpaired) electrons. The van der Waals surface area contributed by atoms with Crippen molar-refractivity contribution < 1.29 is 14.7 Å². The molecule has 0 unspecified atom stereocenters. The Balaban J connectivity index is 0.00000121. The summed E-state index contributed by atoms with van der Waals surface area (Å²) in [5, 5.41) is 11.4. The van der Waals surface area contributed by atoms with Crippen LogP contribution in [-0.2, 0) is 4.74 Å². The normalized spacial score (nSPS) is 10.3. The highest BCUT2D eigenvalue weighted by Crippen LogP contribution is 2.19. The smallest absolute Gasteiger partial charge is 0.339 e. The Hall–Kier alpha value is -1.26. The van der Waals surface area contributed by atoms with Crippen LogP contribution in [0.25, 0.3) is 0 Å². The van der Waals surface area contributed by atoms with Crippen molar-refractivity contribution in [3.63, 3.8) is 0 Å². The quantitative estimate of drug-likeness (QED) is 0.389. The third kappa shape index (κ3) is 4.24. The molecule has 0 bridgehead atoms. The number of nitrogens with zero attached hydrogens (tertiary/aromatic N) is 1. The number of hydrogen-bond acceptors (Lipinski definition) is 4. The standard InChI is InChI=1S/C9H7Cl2NO3.C2H6/c1-15-9(13)6-4-5(8(11)12-14)2-3-7(6)10;1-2/h2-4,14H,1H3;1-2H3/b12-8-;. The number of esters is 1. The van der Waals surface area contributed by atoms with Gasteiger partial charge in [-0.15, -0.1) is 0 Å². The summed E-state index contributed by atoms with van der Waals surface area (Å²) >= 11 is 11.3. The molecule has 94 valence electrons. The van der Waals surface area contributed by atoms with Gasteiger partial charge in [0.15, 0.2) is 5.17 Å². The summed E-state index contributed by atoms with van der Waals surface area (Å²) < 4.78 is 4.52. The van der Waals surface area contributed by atoms with Gasteiger partial charge in [0.25, 0.3) is 0 Å². The zero-order chi connectivity index (χ0) is 13.4. The highest BCUT2D eigenvalue weighted by molar-refractivity contribution is 6.69. The van der Waals surface area contributed by atoms with E-state index < -0.39 is 5.97 Å². The van der Waals surface area contributed by atoms with E-state index in [0.29, 0.717) is 5.56 Å². The molecule has 0 atom stereocenters. The van der Waals surface area contributed by atoms with Gasteiger partial charge in [0.1, 0.15) is 0 Å². The van der Waals surface area contributed by atoms with Gasteiger partial charge in [-0.2, -0.15) is 0 Å². The van der Waals surface area contributed by atoms with E-state index in [1.165, 1.54) is 25.3 Å². The average Bonchev–Trinajstić information content (AvgIpc) is 2.39. The SMILES string of the molecule is CC.COC(=O)c1cc(/C(Cl)=N/O)ccc1Cl. The highest BCUT2D eigenvalue weighted by atomic mass is 35.5. The van der Waals surface area contributed by atoms with E-state index in [-0.39, 0.29) is 15.8 Å². The number of benzene rings is 1. The Labute approximate surface area is 110 Å². The first kappa shape index (κ1) is 15.7. The predicted octanol–water partition coefficient (Wildman–Crippen LogP) is 3.53. The molecular weight excluding hydrogens is 265 g/mol. The second-order valence-electron chi connectivity index (χ2n) is 2.58. The van der Waals surface area contributed by atoms with Gasteiger partial charge in [0, 0.05) is 5.56 Å². The summed E-state index contributed by atoms with van der Waals surface area (Å²) in [6, 6.07) is 4.38. The van der Waals surface area contributed by atoms with Gasteiger partial charge in [-0.3, -0.25) is 0 Å². The molecule has 0 aliphatic rings. The minimum atomic E-state index is -0.579. The van der Waals surface area contributed by atoms with E-state index >= 15 is 0 Å². The van der Waals surface area contributed by atoms with E-state index in [4.69, 9.17) is 28.4 Å². The van der Waals surface area contributed by atoms with Crippen LogP contribution in [0.2, 0.25) is 5.02 Å². The summed E-state index contributed by atoms with van der Waals surface area (Å²) in [4.78, 5) is 11.2. The van der Waals surface area contributed by atoms with Crippen LogP contribution in [0.3, 0.4) is 0 Å². The zero-order valence-electron chi connectivity index (χ0n) is 9.70. The van der Waals surface area contributed by atoms with Crippen LogP contribution in [0.1, 0.15) is 29.8 Å². The van der Waals surface area contributed by atoms with Gasteiger partial charge in [-0.05, 0) is 12.1 Å². The molecule has 0 amide bonds. The van der Waals surface area contributed by atoms with Crippen LogP contribution < -0.4 is 0 Å². The average molecular weight is 278 g/mol. The van der Waals surface area contributed by atoms with Crippen LogP contribution in [0.5, 0.6) is 0 Å². The minimum absolute atomic E-state index is 0.128. The van der Waals surface area contributed by atoms with Gasteiger partial charge < -0.3 is 9.94 Å². The summed E-state index contributed by atoms with van der Waals surface area (Å²) in [5.74, 6) is -0.579. The lowest BCUT2D eigenvalue weighted by molar-refractivity contribution is 0.0601. The number of oxime groups is 1. The Morgan fingerprint density at radius 2 is 2.00 bits per heavy atom. The summed E-state index contributed by atoms with van der Waals surface area (Å²) in [6.07, 6.45) is 0. The van der Waals surface area contributed by atoms with Crippen molar-refractivity contribution in [2.24, 2.45) is 5.16 Å². The molecule has 0 saturated heterocycles. The van der Waals surface area contributed by atoms with Crippen molar-refractivity contribution in [1.29, 1.82) is 0 Å². The molecule has 0 heterocycles. The first-order valence-electron chi connectivity index (χ1n) is 4.86. The number of methoxy groups -OCH3 is 1. The molecule has 1 rings (SSSR count). The van der Waals surface area contributed by atoms with E-state index in [2.05, 4.69) is 9.89 Å². The molecular formula is C11H13Cl2NO3. The maximum atomic E-state index is 11.2. The van der Waals surface area contributed by atoms with Gasteiger partial charge in [0.05, 0.1) is 17.7 Å². The van der Waals surface area contributed by atoms with Crippen molar-refractivity contribution in [2.75, 3.05) is 7.11 Å². The first-order valence-corrected chi connectivity index (χ1v) is 5.61. The number of halogens is 2. The predicted molar refractivity (Wildman–Crippen MR) is 68.3 cm³/mol. The second kappa shape index (κ2) is 7.92. The van der Waals surface area contributed by atoms with Crippen molar-refractivity contribution >= 4 is 34.3 Å². The van der Waals surface area contributed by atoms with Crippen LogP contribution in [0.4, 0.5) is 0 Å². The molecule has 1 N–H and O–H groups in total. The molecule has 0 aliphatic carbocycles. The molecule has 0 aliphatic heterocycles. The molecule has 0 spiro atoms. The van der Waals surface area contributed by atoms with E-state index in [1.807, 2.05) is 13.8 Å². The third-order valence-electron chi connectivity index (χ3n) is 1.70. The number of carbonyl (C=O) groups is 1. The van der Waals surface area contributed by atoms with Crippen molar-refractivity contribution in [3.8, 4) is 0 Å². The molecule has 1 aromatic rings. The largest absolute Gasteiger partial charge is 0.465 e. The zero-order valence-corrected chi connectivity index (χ0v) is 11.2. The minimum Gasteiger partial charge on any atom is -0.465 e. The first-order chi connectivity index (χ1) is 8.10. The molecule has 6 heteroatoms. The van der Waals surface area contributed by atoms with E-state index in [1.54, 1.807) is 0 Å². The van der Waals surface area contributed by atoms with Crippen molar-refractivity contribution in [1.82, 2.24) is 0 Å². The Bertz CT molecular complexity index is 419. The summed E-state index contributed by atoms with van der Waals surface area (Å²) in [7, 11) is 1.24. The Kier molecular flexibility index (Phi) is 7.34. The Morgan fingerprint density at radius 3 is 2.47 bits per heavy atom. The van der Waals surface area contributed by atoms with E-state index in [9.17, 15) is 4.79 Å². The summed E-state index contributed by atoms with van der Waals surface area (Å²) in [5.41, 5.74) is 0.544. The van der Waals surface area contributed by atoms with Crippen molar-refractivity contribution in [3.05, 3.63) is 34.3 Å². The monoisotopic (exact) mass is 277 g/mol. The third-order valence-corrected chi connectivity index (χ3v) is 2.32. The number of rotatable bonds is 2. The van der Waals surface area contributed by atoms with Crippen LogP contribution in [-0.4, -0.2) is 23.5 Å². The fraction of sp³-hybridized carbons (Fsp3) is 0.273. The van der Waals surface area contributed by atoms with Gasteiger partial charge in [-0.1, -0.05) is 48.3 Å². The number of carbonyl (C=O) groups excluding carboxylic acids is 1. The molecule has 17 heavy (non-hydrogen) atoms. The second-order valence-corrected chi connectivity index (χ2v) is 3.34. The molecule has 0 fully saturated rings. The van der Waals surface area contributed by atoms with Crippen LogP contribution >= 0.6 is 23.2 Å². The van der Waals surface area contributed by atoms with Gasteiger partial charge in [-0.25, -0.2) is 4.79 Å². The molecule has 1 aromatic carbocycles. The van der Waals surface area contributed by atoms with Gasteiger partial charge in [0.2, 0.25) is 0 Å². The highest BCUT2D eigenvalue weighted by Gasteiger charge is 2.12. The van der Waals surface area contributed by atoms with Crippen LogP contribution in [0.15, 0.2) is 23.4 Å². The number of ether oxygens (including phenoxy) is 1. The Morgan fingerprint density at radius 1 is 1.41 bits per heavy atom. The summed E-state index contributed by atoms with van der Waals surface area (Å²) in [6.45, 7) is 4.00.